The highest BCUT2D eigenvalue weighted by Gasteiger charge is 2.23. The SMILES string of the molecule is COc1cccc(N2CCCC(NC(=O)c3ccccc3N)C2)c1.Cl.Cl. The van der Waals surface area contributed by atoms with Crippen LogP contribution in [-0.4, -0.2) is 32.1 Å². The van der Waals surface area contributed by atoms with Crippen LogP contribution in [0.4, 0.5) is 11.4 Å². The van der Waals surface area contributed by atoms with Crippen molar-refractivity contribution in [3.63, 3.8) is 0 Å². The van der Waals surface area contributed by atoms with Gasteiger partial charge in [0.2, 0.25) is 0 Å². The van der Waals surface area contributed by atoms with Gasteiger partial charge in [-0.1, -0.05) is 18.2 Å². The molecule has 0 spiro atoms. The molecule has 2 aromatic carbocycles. The van der Waals surface area contributed by atoms with E-state index in [0.717, 1.165) is 37.4 Å². The molecule has 1 amide bonds. The van der Waals surface area contributed by atoms with Crippen molar-refractivity contribution >= 4 is 42.1 Å². The minimum absolute atomic E-state index is 0. The maximum absolute atomic E-state index is 12.4. The Hall–Kier alpha value is -2.11. The van der Waals surface area contributed by atoms with E-state index >= 15 is 0 Å². The molecule has 1 aliphatic rings. The summed E-state index contributed by atoms with van der Waals surface area (Å²) < 4.78 is 5.30. The van der Waals surface area contributed by atoms with Crippen LogP contribution >= 0.6 is 24.8 Å². The standard InChI is InChI=1S/C19H23N3O2.2ClH/c1-24-16-8-4-7-15(12-16)22-11-5-6-14(13-22)21-19(23)17-9-2-3-10-18(17)20;;/h2-4,7-10,12,14H,5-6,11,13,20H2,1H3,(H,21,23);2*1H. The van der Waals surface area contributed by atoms with E-state index in [1.807, 2.05) is 30.3 Å². The fourth-order valence-corrected chi connectivity index (χ4v) is 3.10. The number of carbonyl (C=O) groups excluding carboxylic acids is 1. The van der Waals surface area contributed by atoms with Crippen LogP contribution in [0.5, 0.6) is 5.75 Å². The van der Waals surface area contributed by atoms with Crippen molar-refractivity contribution in [2.24, 2.45) is 0 Å². The predicted octanol–water partition coefficient (Wildman–Crippen LogP) is 3.52. The van der Waals surface area contributed by atoms with Crippen LogP contribution in [0.2, 0.25) is 0 Å². The lowest BCUT2D eigenvalue weighted by Crippen LogP contribution is -2.48. The molecule has 7 heteroatoms. The van der Waals surface area contributed by atoms with Crippen LogP contribution in [0.15, 0.2) is 48.5 Å². The Morgan fingerprint density at radius 3 is 2.69 bits per heavy atom. The highest BCUT2D eigenvalue weighted by Crippen LogP contribution is 2.24. The third kappa shape index (κ3) is 5.19. The molecule has 1 fully saturated rings. The predicted molar refractivity (Wildman–Crippen MR) is 111 cm³/mol. The number of nitrogens with zero attached hydrogens (tertiary/aromatic N) is 1. The van der Waals surface area contributed by atoms with Gasteiger partial charge in [0.25, 0.3) is 5.91 Å². The smallest absolute Gasteiger partial charge is 0.253 e. The summed E-state index contributed by atoms with van der Waals surface area (Å²) in [5.41, 5.74) is 8.06. The van der Waals surface area contributed by atoms with E-state index in [4.69, 9.17) is 10.5 Å². The highest BCUT2D eigenvalue weighted by atomic mass is 35.5. The van der Waals surface area contributed by atoms with Gasteiger partial charge in [0.05, 0.1) is 12.7 Å². The maximum Gasteiger partial charge on any atom is 0.253 e. The van der Waals surface area contributed by atoms with Crippen molar-refractivity contribution in [3.8, 4) is 5.75 Å². The lowest BCUT2D eigenvalue weighted by molar-refractivity contribution is 0.0934. The molecule has 0 aliphatic carbocycles. The first-order valence-corrected chi connectivity index (χ1v) is 8.22. The molecule has 1 heterocycles. The number of amides is 1. The number of halogens is 2. The molecule has 0 bridgehead atoms. The Morgan fingerprint density at radius 1 is 1.19 bits per heavy atom. The number of hydrogen-bond acceptors (Lipinski definition) is 4. The van der Waals surface area contributed by atoms with E-state index in [9.17, 15) is 4.79 Å². The molecule has 5 nitrogen and oxygen atoms in total. The average molecular weight is 398 g/mol. The fourth-order valence-electron chi connectivity index (χ4n) is 3.10. The monoisotopic (exact) mass is 397 g/mol. The topological polar surface area (TPSA) is 67.6 Å². The number of benzene rings is 2. The highest BCUT2D eigenvalue weighted by molar-refractivity contribution is 5.99. The van der Waals surface area contributed by atoms with Crippen LogP contribution in [0.25, 0.3) is 0 Å². The van der Waals surface area contributed by atoms with E-state index in [1.54, 1.807) is 19.2 Å². The van der Waals surface area contributed by atoms with Crippen molar-refractivity contribution in [1.82, 2.24) is 5.32 Å². The molecule has 142 valence electrons. The van der Waals surface area contributed by atoms with Gasteiger partial charge in [0.15, 0.2) is 0 Å². The number of nitrogens with one attached hydrogen (secondary N) is 1. The Labute approximate surface area is 166 Å². The van der Waals surface area contributed by atoms with Gasteiger partial charge in [-0.3, -0.25) is 4.79 Å². The third-order valence-corrected chi connectivity index (χ3v) is 4.38. The number of ether oxygens (including phenoxy) is 1. The van der Waals surface area contributed by atoms with E-state index in [0.29, 0.717) is 11.3 Å². The normalized spacial score (nSPS) is 16.0. The Balaban J connectivity index is 0.00000169. The molecular formula is C19H25Cl2N3O2. The zero-order chi connectivity index (χ0) is 16.9. The molecule has 1 atom stereocenters. The zero-order valence-corrected chi connectivity index (χ0v) is 16.3. The quantitative estimate of drug-likeness (QED) is 0.774. The van der Waals surface area contributed by atoms with Crippen LogP contribution in [0, 0.1) is 0 Å². The first kappa shape index (κ1) is 21.9. The van der Waals surface area contributed by atoms with Gasteiger partial charge in [0, 0.05) is 36.6 Å². The number of piperidine rings is 1. The molecule has 26 heavy (non-hydrogen) atoms. The first-order valence-electron chi connectivity index (χ1n) is 8.22. The molecule has 1 aliphatic heterocycles. The second-order valence-corrected chi connectivity index (χ2v) is 6.05. The van der Waals surface area contributed by atoms with Crippen molar-refractivity contribution < 1.29 is 9.53 Å². The number of rotatable bonds is 4. The third-order valence-electron chi connectivity index (χ3n) is 4.38. The summed E-state index contributed by atoms with van der Waals surface area (Å²) in [5.74, 6) is 0.737. The minimum Gasteiger partial charge on any atom is -0.497 e. The molecule has 3 N–H and O–H groups in total. The van der Waals surface area contributed by atoms with Crippen LogP contribution in [0.3, 0.4) is 0 Å². The lowest BCUT2D eigenvalue weighted by Gasteiger charge is -2.35. The Kier molecular flexibility index (Phi) is 8.55. The number of nitrogens with two attached hydrogens (primary N) is 1. The van der Waals surface area contributed by atoms with Crippen molar-refractivity contribution in [2.45, 2.75) is 18.9 Å². The molecule has 3 rings (SSSR count). The first-order chi connectivity index (χ1) is 11.7. The number of anilines is 2. The molecule has 2 aromatic rings. The summed E-state index contributed by atoms with van der Waals surface area (Å²) in [4.78, 5) is 14.7. The number of methoxy groups -OCH3 is 1. The summed E-state index contributed by atoms with van der Waals surface area (Å²) in [6.45, 7) is 1.76. The minimum atomic E-state index is -0.106. The molecule has 0 aromatic heterocycles. The van der Waals surface area contributed by atoms with Crippen LogP contribution in [0.1, 0.15) is 23.2 Å². The molecular weight excluding hydrogens is 373 g/mol. The largest absolute Gasteiger partial charge is 0.497 e. The van der Waals surface area contributed by atoms with Gasteiger partial charge < -0.3 is 20.7 Å². The van der Waals surface area contributed by atoms with Crippen molar-refractivity contribution in [2.75, 3.05) is 30.8 Å². The summed E-state index contributed by atoms with van der Waals surface area (Å²) in [7, 11) is 1.67. The van der Waals surface area contributed by atoms with Gasteiger partial charge in [-0.2, -0.15) is 0 Å². The second-order valence-electron chi connectivity index (χ2n) is 6.05. The van der Waals surface area contributed by atoms with E-state index in [-0.39, 0.29) is 36.8 Å². The number of hydrogen-bond donors (Lipinski definition) is 2. The summed E-state index contributed by atoms with van der Waals surface area (Å²) in [5, 5.41) is 3.11. The Morgan fingerprint density at radius 2 is 1.96 bits per heavy atom. The summed E-state index contributed by atoms with van der Waals surface area (Å²) in [6, 6.07) is 15.3. The van der Waals surface area contributed by atoms with Gasteiger partial charge in [-0.05, 0) is 37.1 Å². The average Bonchev–Trinajstić information content (AvgIpc) is 2.62. The summed E-state index contributed by atoms with van der Waals surface area (Å²) in [6.07, 6.45) is 2.01. The van der Waals surface area contributed by atoms with E-state index in [1.165, 1.54) is 0 Å². The molecule has 1 unspecified atom stereocenters. The van der Waals surface area contributed by atoms with E-state index in [2.05, 4.69) is 16.3 Å². The van der Waals surface area contributed by atoms with Gasteiger partial charge in [-0.15, -0.1) is 24.8 Å². The van der Waals surface area contributed by atoms with Crippen molar-refractivity contribution in [1.29, 1.82) is 0 Å². The summed E-state index contributed by atoms with van der Waals surface area (Å²) >= 11 is 0. The molecule has 1 saturated heterocycles. The molecule has 0 saturated carbocycles. The second kappa shape index (κ2) is 10.1. The Bertz CT molecular complexity index is 727. The molecule has 0 radical (unpaired) electrons. The lowest BCUT2D eigenvalue weighted by atomic mass is 10.0. The van der Waals surface area contributed by atoms with Crippen LogP contribution < -0.4 is 20.7 Å². The zero-order valence-electron chi connectivity index (χ0n) is 14.7. The van der Waals surface area contributed by atoms with Gasteiger partial charge in [-0.25, -0.2) is 0 Å². The van der Waals surface area contributed by atoms with E-state index < -0.39 is 0 Å². The van der Waals surface area contributed by atoms with Crippen LogP contribution in [-0.2, 0) is 0 Å². The number of nitrogen functional groups attached to an aromatic ring is 1. The number of carbonyl (C=O) groups is 1. The fraction of sp³-hybridized carbons (Fsp3) is 0.316. The van der Waals surface area contributed by atoms with Gasteiger partial charge >= 0.3 is 0 Å². The van der Waals surface area contributed by atoms with Gasteiger partial charge in [0.1, 0.15) is 5.75 Å². The number of para-hydroxylation sites is 1. The van der Waals surface area contributed by atoms with Crippen molar-refractivity contribution in [3.05, 3.63) is 54.1 Å². The maximum atomic E-state index is 12.4.